The Hall–Kier alpha value is -0.970. The zero-order valence-electron chi connectivity index (χ0n) is 9.71. The van der Waals surface area contributed by atoms with Crippen LogP contribution >= 0.6 is 22.9 Å². The maximum Gasteiger partial charge on any atom is 0.130 e. The molecule has 1 N–H and O–H groups in total. The molecule has 96 valence electrons. The minimum Gasteiger partial charge on any atom is -0.306 e. The predicted octanol–water partition coefficient (Wildman–Crippen LogP) is 4.53. The molecule has 0 fully saturated rings. The molecule has 1 nitrogen and oxygen atoms in total. The Labute approximate surface area is 113 Å². The summed E-state index contributed by atoms with van der Waals surface area (Å²) < 4.78 is 26.9. The van der Waals surface area contributed by atoms with Gasteiger partial charge in [-0.25, -0.2) is 8.78 Å². The van der Waals surface area contributed by atoms with Crippen LogP contribution in [0.2, 0.25) is 4.34 Å². The number of hydrogen-bond acceptors (Lipinski definition) is 2. The van der Waals surface area contributed by atoms with Crippen molar-refractivity contribution in [3.8, 4) is 0 Å². The van der Waals surface area contributed by atoms with Crippen molar-refractivity contribution in [1.82, 2.24) is 5.32 Å². The smallest absolute Gasteiger partial charge is 0.130 e. The molecule has 2 aromatic rings. The minimum atomic E-state index is -0.561. The molecule has 0 bridgehead atoms. The van der Waals surface area contributed by atoms with Crippen molar-refractivity contribution in [2.24, 2.45) is 0 Å². The van der Waals surface area contributed by atoms with E-state index < -0.39 is 11.6 Å². The maximum atomic E-state index is 13.4. The van der Waals surface area contributed by atoms with Crippen molar-refractivity contribution in [3.63, 3.8) is 0 Å². The van der Waals surface area contributed by atoms with Gasteiger partial charge in [-0.1, -0.05) is 17.7 Å². The number of thiophene rings is 1. The summed E-state index contributed by atoms with van der Waals surface area (Å²) in [5, 5.41) is 5.13. The molecule has 18 heavy (non-hydrogen) atoms. The summed E-state index contributed by atoms with van der Waals surface area (Å²) in [6.07, 6.45) is 0. The normalized spacial score (nSPS) is 12.7. The Morgan fingerprint density at radius 1 is 1.33 bits per heavy atom. The standard InChI is InChI=1S/C13H12ClF2NS/c1-8(10-4-13(14)18-7-10)17-6-9-2-3-11(15)5-12(9)16/h2-5,7-8,17H,6H2,1H3. The summed E-state index contributed by atoms with van der Waals surface area (Å²) in [4.78, 5) is 0. The summed E-state index contributed by atoms with van der Waals surface area (Å²) in [6, 6.07) is 5.55. The van der Waals surface area contributed by atoms with E-state index in [0.29, 0.717) is 12.1 Å². The molecule has 5 heteroatoms. The minimum absolute atomic E-state index is 0.0678. The van der Waals surface area contributed by atoms with Crippen LogP contribution < -0.4 is 5.32 Å². The molecule has 0 saturated carbocycles. The molecular formula is C13H12ClF2NS. The molecule has 2 rings (SSSR count). The molecule has 0 spiro atoms. The molecule has 0 saturated heterocycles. The number of rotatable bonds is 4. The molecule has 0 aliphatic carbocycles. The second kappa shape index (κ2) is 5.78. The van der Waals surface area contributed by atoms with Crippen LogP contribution in [0.4, 0.5) is 8.78 Å². The molecule has 1 aromatic heterocycles. The highest BCUT2D eigenvalue weighted by atomic mass is 35.5. The zero-order valence-corrected chi connectivity index (χ0v) is 11.3. The van der Waals surface area contributed by atoms with Gasteiger partial charge in [0, 0.05) is 24.2 Å². The second-order valence-corrected chi connectivity index (χ2v) is 5.57. The van der Waals surface area contributed by atoms with Crippen LogP contribution in [0.5, 0.6) is 0 Å². The Balaban J connectivity index is 1.99. The third-order valence-corrected chi connectivity index (χ3v) is 3.81. The Morgan fingerprint density at radius 2 is 2.11 bits per heavy atom. The number of halogens is 3. The summed E-state index contributed by atoms with van der Waals surface area (Å²) in [7, 11) is 0. The maximum absolute atomic E-state index is 13.4. The summed E-state index contributed by atoms with van der Waals surface area (Å²) in [5.41, 5.74) is 1.51. The van der Waals surface area contributed by atoms with E-state index in [1.807, 2.05) is 18.4 Å². The highest BCUT2D eigenvalue weighted by Crippen LogP contribution is 2.24. The van der Waals surface area contributed by atoms with E-state index in [9.17, 15) is 8.78 Å². The largest absolute Gasteiger partial charge is 0.306 e. The van der Waals surface area contributed by atoms with Gasteiger partial charge in [-0.2, -0.15) is 0 Å². The SMILES string of the molecule is CC(NCc1ccc(F)cc1F)c1csc(Cl)c1. The summed E-state index contributed by atoms with van der Waals surface area (Å²) in [5.74, 6) is -1.09. The van der Waals surface area contributed by atoms with E-state index in [4.69, 9.17) is 11.6 Å². The van der Waals surface area contributed by atoms with Crippen LogP contribution in [-0.4, -0.2) is 0 Å². The van der Waals surface area contributed by atoms with Crippen LogP contribution in [0.1, 0.15) is 24.1 Å². The molecule has 0 amide bonds. The van der Waals surface area contributed by atoms with E-state index >= 15 is 0 Å². The molecule has 1 atom stereocenters. The first-order valence-electron chi connectivity index (χ1n) is 5.47. The van der Waals surface area contributed by atoms with Gasteiger partial charge < -0.3 is 5.32 Å². The van der Waals surface area contributed by atoms with Gasteiger partial charge in [0.15, 0.2) is 0 Å². The third-order valence-electron chi connectivity index (χ3n) is 2.70. The van der Waals surface area contributed by atoms with Gasteiger partial charge in [-0.3, -0.25) is 0 Å². The lowest BCUT2D eigenvalue weighted by Gasteiger charge is -2.12. The molecule has 1 unspecified atom stereocenters. The fraction of sp³-hybridized carbons (Fsp3) is 0.231. The van der Waals surface area contributed by atoms with Gasteiger partial charge >= 0.3 is 0 Å². The fourth-order valence-electron chi connectivity index (χ4n) is 1.60. The lowest BCUT2D eigenvalue weighted by molar-refractivity contribution is 0.534. The lowest BCUT2D eigenvalue weighted by atomic mass is 10.1. The van der Waals surface area contributed by atoms with E-state index in [1.54, 1.807) is 0 Å². The quantitative estimate of drug-likeness (QED) is 0.871. The van der Waals surface area contributed by atoms with Crippen LogP contribution in [0.3, 0.4) is 0 Å². The number of benzene rings is 1. The van der Waals surface area contributed by atoms with Crippen LogP contribution in [0.25, 0.3) is 0 Å². The van der Waals surface area contributed by atoms with E-state index in [1.165, 1.54) is 23.5 Å². The molecule has 0 aliphatic heterocycles. The second-order valence-electron chi connectivity index (χ2n) is 4.02. The molecule has 1 aromatic carbocycles. The molecule has 0 aliphatic rings. The predicted molar refractivity (Wildman–Crippen MR) is 70.9 cm³/mol. The van der Waals surface area contributed by atoms with Gasteiger partial charge in [0.2, 0.25) is 0 Å². The summed E-state index contributed by atoms with van der Waals surface area (Å²) in [6.45, 7) is 2.32. The van der Waals surface area contributed by atoms with Crippen molar-refractivity contribution in [2.45, 2.75) is 19.5 Å². The van der Waals surface area contributed by atoms with Gasteiger partial charge in [0.25, 0.3) is 0 Å². The van der Waals surface area contributed by atoms with Crippen molar-refractivity contribution in [1.29, 1.82) is 0 Å². The van der Waals surface area contributed by atoms with Gasteiger partial charge in [0.05, 0.1) is 4.34 Å². The fourth-order valence-corrected chi connectivity index (χ4v) is 2.58. The van der Waals surface area contributed by atoms with Crippen LogP contribution in [0, 0.1) is 11.6 Å². The van der Waals surface area contributed by atoms with Gasteiger partial charge in [-0.15, -0.1) is 11.3 Å². The lowest BCUT2D eigenvalue weighted by Crippen LogP contribution is -2.18. The molecule has 1 heterocycles. The highest BCUT2D eigenvalue weighted by molar-refractivity contribution is 7.14. The Bertz CT molecular complexity index is 542. The average Bonchev–Trinajstić information content (AvgIpc) is 2.74. The van der Waals surface area contributed by atoms with Crippen LogP contribution in [-0.2, 0) is 6.54 Å². The van der Waals surface area contributed by atoms with Gasteiger partial charge in [-0.05, 0) is 30.0 Å². The van der Waals surface area contributed by atoms with Crippen molar-refractivity contribution in [2.75, 3.05) is 0 Å². The first-order valence-corrected chi connectivity index (χ1v) is 6.73. The van der Waals surface area contributed by atoms with Crippen molar-refractivity contribution in [3.05, 3.63) is 56.7 Å². The summed E-state index contributed by atoms with van der Waals surface area (Å²) >= 11 is 7.31. The Morgan fingerprint density at radius 3 is 2.72 bits per heavy atom. The number of hydrogen-bond donors (Lipinski definition) is 1. The van der Waals surface area contributed by atoms with Crippen molar-refractivity contribution < 1.29 is 8.78 Å². The van der Waals surface area contributed by atoms with Crippen molar-refractivity contribution >= 4 is 22.9 Å². The molecular weight excluding hydrogens is 276 g/mol. The highest BCUT2D eigenvalue weighted by Gasteiger charge is 2.09. The third kappa shape index (κ3) is 3.28. The average molecular weight is 288 g/mol. The first kappa shape index (κ1) is 13.5. The zero-order chi connectivity index (χ0) is 13.1. The van der Waals surface area contributed by atoms with E-state index in [0.717, 1.165) is 16.0 Å². The monoisotopic (exact) mass is 287 g/mol. The van der Waals surface area contributed by atoms with E-state index in [2.05, 4.69) is 5.32 Å². The topological polar surface area (TPSA) is 12.0 Å². The van der Waals surface area contributed by atoms with E-state index in [-0.39, 0.29) is 6.04 Å². The van der Waals surface area contributed by atoms with Gasteiger partial charge in [0.1, 0.15) is 11.6 Å². The molecule has 0 radical (unpaired) electrons. The van der Waals surface area contributed by atoms with Crippen LogP contribution in [0.15, 0.2) is 29.6 Å². The number of nitrogens with one attached hydrogen (secondary N) is 1. The Kier molecular flexibility index (Phi) is 4.32. The first-order chi connectivity index (χ1) is 8.56.